The van der Waals surface area contributed by atoms with E-state index in [0.717, 1.165) is 0 Å². The number of benzene rings is 1. The van der Waals surface area contributed by atoms with E-state index in [1.807, 2.05) is 7.05 Å². The van der Waals surface area contributed by atoms with Crippen molar-refractivity contribution in [3.05, 3.63) is 41.4 Å². The van der Waals surface area contributed by atoms with Gasteiger partial charge in [-0.15, -0.1) is 0 Å². The quantitative estimate of drug-likeness (QED) is 0.833. The van der Waals surface area contributed by atoms with Crippen LogP contribution in [0.4, 0.5) is 0 Å². The molecular weight excluding hydrogens is 378 g/mol. The molecule has 2 heterocycles. The van der Waals surface area contributed by atoms with Crippen LogP contribution in [-0.2, 0) is 17.1 Å². The summed E-state index contributed by atoms with van der Waals surface area (Å²) < 4.78 is 34.0. The van der Waals surface area contributed by atoms with Gasteiger partial charge in [0.05, 0.1) is 17.0 Å². The number of halogens is 1. The van der Waals surface area contributed by atoms with Crippen molar-refractivity contribution in [1.82, 2.24) is 13.9 Å². The van der Waals surface area contributed by atoms with Gasteiger partial charge in [0.1, 0.15) is 17.7 Å². The van der Waals surface area contributed by atoms with Crippen LogP contribution < -0.4 is 4.74 Å². The summed E-state index contributed by atoms with van der Waals surface area (Å²) in [5.74, 6) is 1.01. The van der Waals surface area contributed by atoms with Gasteiger partial charge in [0, 0.05) is 32.5 Å². The third kappa shape index (κ3) is 3.59. The minimum absolute atomic E-state index is 0.0259. The number of imidazole rings is 1. The van der Waals surface area contributed by atoms with Crippen LogP contribution in [0.5, 0.6) is 5.75 Å². The van der Waals surface area contributed by atoms with E-state index in [1.165, 1.54) is 23.5 Å². The summed E-state index contributed by atoms with van der Waals surface area (Å²) in [5, 5.41) is 10.8. The molecule has 9 heteroatoms. The maximum Gasteiger partial charge on any atom is 0.243 e. The van der Waals surface area contributed by atoms with Crippen LogP contribution in [0.25, 0.3) is 0 Å². The highest BCUT2D eigenvalue weighted by Crippen LogP contribution is 2.33. The summed E-state index contributed by atoms with van der Waals surface area (Å²) in [7, 11) is -0.319. The van der Waals surface area contributed by atoms with E-state index in [2.05, 4.69) is 4.98 Å². The van der Waals surface area contributed by atoms with Crippen LogP contribution in [-0.4, -0.2) is 47.6 Å². The molecule has 0 saturated carbocycles. The van der Waals surface area contributed by atoms with Crippen LogP contribution in [0.15, 0.2) is 35.5 Å². The van der Waals surface area contributed by atoms with Gasteiger partial charge < -0.3 is 14.4 Å². The zero-order chi connectivity index (χ0) is 18.9. The first-order valence-corrected chi connectivity index (χ1v) is 10.2. The molecule has 26 heavy (non-hydrogen) atoms. The summed E-state index contributed by atoms with van der Waals surface area (Å²) in [6.07, 6.45) is 3.86. The standard InChI is InChI=1S/C17H22ClN3O4S/c1-20-10-7-19-17(20)16(22)12-5-8-21(9-6-12)26(23,24)13-3-4-15(25-2)14(18)11-13/h3-4,7,10-12,16,22H,5-6,8-9H2,1-2H3. The lowest BCUT2D eigenvalue weighted by Gasteiger charge is -2.33. The zero-order valence-electron chi connectivity index (χ0n) is 14.7. The highest BCUT2D eigenvalue weighted by Gasteiger charge is 2.33. The first-order valence-electron chi connectivity index (χ1n) is 8.33. The van der Waals surface area contributed by atoms with Crippen LogP contribution in [0, 0.1) is 5.92 Å². The van der Waals surface area contributed by atoms with Gasteiger partial charge in [-0.1, -0.05) is 11.6 Å². The molecule has 1 unspecified atom stereocenters. The van der Waals surface area contributed by atoms with E-state index >= 15 is 0 Å². The van der Waals surface area contributed by atoms with Gasteiger partial charge in [-0.2, -0.15) is 4.31 Å². The molecule has 2 aromatic rings. The number of aryl methyl sites for hydroxylation is 1. The van der Waals surface area contributed by atoms with Crippen molar-refractivity contribution < 1.29 is 18.3 Å². The van der Waals surface area contributed by atoms with E-state index in [1.54, 1.807) is 23.0 Å². The number of aliphatic hydroxyl groups is 1. The van der Waals surface area contributed by atoms with Crippen LogP contribution in [0.3, 0.4) is 0 Å². The van der Waals surface area contributed by atoms with Gasteiger partial charge in [0.2, 0.25) is 10.0 Å². The van der Waals surface area contributed by atoms with Crippen molar-refractivity contribution >= 4 is 21.6 Å². The normalized spacial score (nSPS) is 18.0. The Labute approximate surface area is 158 Å². The topological polar surface area (TPSA) is 84.7 Å². The third-order valence-corrected chi connectivity index (χ3v) is 7.02. The molecule has 0 bridgehead atoms. The van der Waals surface area contributed by atoms with Crippen molar-refractivity contribution in [2.75, 3.05) is 20.2 Å². The zero-order valence-corrected chi connectivity index (χ0v) is 16.2. The van der Waals surface area contributed by atoms with E-state index in [9.17, 15) is 13.5 Å². The highest BCUT2D eigenvalue weighted by molar-refractivity contribution is 7.89. The minimum atomic E-state index is -3.63. The maximum atomic E-state index is 12.8. The number of aromatic nitrogens is 2. The number of ether oxygens (including phenoxy) is 1. The Balaban J connectivity index is 1.71. The van der Waals surface area contributed by atoms with Crippen LogP contribution in [0.1, 0.15) is 24.8 Å². The third-order valence-electron chi connectivity index (χ3n) is 4.83. The van der Waals surface area contributed by atoms with Gasteiger partial charge in [-0.3, -0.25) is 0 Å². The fraction of sp³-hybridized carbons (Fsp3) is 0.471. The minimum Gasteiger partial charge on any atom is -0.495 e. The van der Waals surface area contributed by atoms with E-state index < -0.39 is 16.1 Å². The number of aliphatic hydroxyl groups excluding tert-OH is 1. The molecule has 1 aliphatic heterocycles. The predicted molar refractivity (Wildman–Crippen MR) is 97.7 cm³/mol. The molecule has 0 amide bonds. The van der Waals surface area contributed by atoms with Gasteiger partial charge in [-0.05, 0) is 37.0 Å². The molecule has 1 fully saturated rings. The van der Waals surface area contributed by atoms with Crippen molar-refractivity contribution in [3.63, 3.8) is 0 Å². The van der Waals surface area contributed by atoms with E-state index in [-0.39, 0.29) is 15.8 Å². The van der Waals surface area contributed by atoms with E-state index in [4.69, 9.17) is 16.3 Å². The molecule has 3 rings (SSSR count). The first-order chi connectivity index (χ1) is 12.3. The Morgan fingerprint density at radius 1 is 1.35 bits per heavy atom. The molecule has 142 valence electrons. The average Bonchev–Trinajstić information content (AvgIpc) is 3.07. The summed E-state index contributed by atoms with van der Waals surface area (Å²) in [6.45, 7) is 0.691. The number of sulfonamides is 1. The van der Waals surface area contributed by atoms with Gasteiger partial charge in [-0.25, -0.2) is 13.4 Å². The number of piperidine rings is 1. The molecular formula is C17H22ClN3O4S. The molecule has 1 atom stereocenters. The molecule has 1 N–H and O–H groups in total. The summed E-state index contributed by atoms with van der Waals surface area (Å²) in [4.78, 5) is 4.33. The Kier molecular flexibility index (Phi) is 5.57. The molecule has 0 spiro atoms. The Bertz CT molecular complexity index is 876. The van der Waals surface area contributed by atoms with Crippen molar-refractivity contribution in [3.8, 4) is 5.75 Å². The number of methoxy groups -OCH3 is 1. The second kappa shape index (κ2) is 7.56. The average molecular weight is 400 g/mol. The maximum absolute atomic E-state index is 12.8. The van der Waals surface area contributed by atoms with Crippen molar-refractivity contribution in [1.29, 1.82) is 0 Å². The summed E-state index contributed by atoms with van der Waals surface area (Å²) in [5.41, 5.74) is 0. The molecule has 1 aromatic carbocycles. The Morgan fingerprint density at radius 2 is 2.04 bits per heavy atom. The largest absolute Gasteiger partial charge is 0.495 e. The number of rotatable bonds is 5. The summed E-state index contributed by atoms with van der Waals surface area (Å²) >= 11 is 6.06. The van der Waals surface area contributed by atoms with Gasteiger partial charge in [0.25, 0.3) is 0 Å². The van der Waals surface area contributed by atoms with Crippen molar-refractivity contribution in [2.45, 2.75) is 23.8 Å². The lowest BCUT2D eigenvalue weighted by Crippen LogP contribution is -2.40. The fourth-order valence-corrected chi connectivity index (χ4v) is 5.08. The number of hydrogen-bond donors (Lipinski definition) is 1. The SMILES string of the molecule is COc1ccc(S(=O)(=O)N2CCC(C(O)c3nccn3C)CC2)cc1Cl. The lowest BCUT2D eigenvalue weighted by atomic mass is 9.92. The lowest BCUT2D eigenvalue weighted by molar-refractivity contribution is 0.0668. The molecule has 1 aliphatic rings. The van der Waals surface area contributed by atoms with Crippen LogP contribution >= 0.6 is 11.6 Å². The summed E-state index contributed by atoms with van der Waals surface area (Å²) in [6, 6.07) is 4.45. The smallest absolute Gasteiger partial charge is 0.243 e. The monoisotopic (exact) mass is 399 g/mol. The number of nitrogens with zero attached hydrogens (tertiary/aromatic N) is 3. The van der Waals surface area contributed by atoms with Crippen molar-refractivity contribution in [2.24, 2.45) is 13.0 Å². The van der Waals surface area contributed by atoms with Crippen LogP contribution in [0.2, 0.25) is 5.02 Å². The second-order valence-electron chi connectivity index (χ2n) is 6.38. The molecule has 1 aromatic heterocycles. The second-order valence-corrected chi connectivity index (χ2v) is 8.72. The first kappa shape index (κ1) is 19.2. The Hall–Kier alpha value is -1.61. The predicted octanol–water partition coefficient (Wildman–Crippen LogP) is 2.22. The molecule has 1 saturated heterocycles. The van der Waals surface area contributed by atoms with Gasteiger partial charge >= 0.3 is 0 Å². The molecule has 0 radical (unpaired) electrons. The Morgan fingerprint density at radius 3 is 2.58 bits per heavy atom. The molecule has 0 aliphatic carbocycles. The number of hydrogen-bond acceptors (Lipinski definition) is 5. The highest BCUT2D eigenvalue weighted by atomic mass is 35.5. The fourth-order valence-electron chi connectivity index (χ4n) is 3.26. The molecule has 7 nitrogen and oxygen atoms in total. The van der Waals surface area contributed by atoms with Gasteiger partial charge in [0.15, 0.2) is 0 Å². The van der Waals surface area contributed by atoms with E-state index in [0.29, 0.717) is 37.5 Å².